The van der Waals surface area contributed by atoms with Crippen molar-refractivity contribution >= 4 is 5.91 Å². The molecule has 2 aliphatic heterocycles. The fraction of sp³-hybridized carbons (Fsp3) is 0.458. The number of nitrogens with one attached hydrogen (secondary N) is 2. The van der Waals surface area contributed by atoms with E-state index in [1.165, 1.54) is 11.3 Å². The zero-order valence-corrected chi connectivity index (χ0v) is 18.5. The van der Waals surface area contributed by atoms with Crippen LogP contribution in [0.1, 0.15) is 47.1 Å². The van der Waals surface area contributed by atoms with Gasteiger partial charge in [-0.2, -0.15) is 10.2 Å². The van der Waals surface area contributed by atoms with E-state index in [9.17, 15) is 4.79 Å². The van der Waals surface area contributed by atoms with Crippen LogP contribution < -0.4 is 5.32 Å². The summed E-state index contributed by atoms with van der Waals surface area (Å²) in [5.74, 6) is -0.0782. The maximum absolute atomic E-state index is 13.0. The molecule has 0 spiro atoms. The predicted octanol–water partition coefficient (Wildman–Crippen LogP) is 2.76. The first kappa shape index (κ1) is 20.9. The standard InChI is InChI=1S/C24H30N6O2/c1-2-30-22-10-12-32-16-20(22)21(28-30)15-29-11-6-9-18(14-29)26-24(31)19-13-25-27-23(19)17-7-4-3-5-8-17/h3-5,7-8,13,18H,2,6,9-12,14-16H2,1H3,(H,25,27)(H,26,31). The Morgan fingerprint density at radius 2 is 2.19 bits per heavy atom. The molecule has 2 N–H and O–H groups in total. The minimum atomic E-state index is -0.0782. The number of aromatic nitrogens is 4. The molecule has 1 fully saturated rings. The molecule has 2 aliphatic rings. The molecule has 0 saturated carbocycles. The summed E-state index contributed by atoms with van der Waals surface area (Å²) in [6, 6.07) is 9.94. The average molecular weight is 435 g/mol. The Bertz CT molecular complexity index is 1070. The summed E-state index contributed by atoms with van der Waals surface area (Å²) in [6.45, 7) is 7.08. The maximum atomic E-state index is 13.0. The van der Waals surface area contributed by atoms with E-state index in [0.29, 0.717) is 12.2 Å². The van der Waals surface area contributed by atoms with Crippen LogP contribution in [0.2, 0.25) is 0 Å². The number of hydrogen-bond acceptors (Lipinski definition) is 5. The van der Waals surface area contributed by atoms with E-state index in [0.717, 1.165) is 69.0 Å². The van der Waals surface area contributed by atoms with Gasteiger partial charge in [0.2, 0.25) is 0 Å². The summed E-state index contributed by atoms with van der Waals surface area (Å²) in [6.07, 6.45) is 4.58. The fourth-order valence-corrected chi connectivity index (χ4v) is 4.84. The number of aromatic amines is 1. The van der Waals surface area contributed by atoms with Crippen molar-refractivity contribution in [3.05, 3.63) is 59.0 Å². The van der Waals surface area contributed by atoms with Gasteiger partial charge in [0, 0.05) is 48.9 Å². The van der Waals surface area contributed by atoms with Crippen LogP contribution in [0.15, 0.2) is 36.5 Å². The van der Waals surface area contributed by atoms with Gasteiger partial charge >= 0.3 is 0 Å². The number of carbonyl (C=O) groups excluding carboxylic acids is 1. The van der Waals surface area contributed by atoms with Gasteiger partial charge in [-0.1, -0.05) is 30.3 Å². The van der Waals surface area contributed by atoms with E-state index >= 15 is 0 Å². The third-order valence-electron chi connectivity index (χ3n) is 6.44. The minimum Gasteiger partial charge on any atom is -0.376 e. The van der Waals surface area contributed by atoms with Crippen molar-refractivity contribution in [2.24, 2.45) is 0 Å². The SMILES string of the molecule is CCn1nc(CN2CCCC(NC(=O)c3cn[nH]c3-c3ccccc3)C2)c2c1CCOC2. The van der Waals surface area contributed by atoms with Gasteiger partial charge in [0.05, 0.1) is 36.4 Å². The zero-order valence-electron chi connectivity index (χ0n) is 18.5. The lowest BCUT2D eigenvalue weighted by molar-refractivity contribution is 0.0899. The molecule has 1 unspecified atom stereocenters. The van der Waals surface area contributed by atoms with Crippen molar-refractivity contribution in [1.82, 2.24) is 30.2 Å². The van der Waals surface area contributed by atoms with Gasteiger partial charge in [-0.25, -0.2) is 0 Å². The predicted molar refractivity (Wildman–Crippen MR) is 121 cm³/mol. The van der Waals surface area contributed by atoms with Crippen molar-refractivity contribution in [2.45, 2.75) is 51.9 Å². The zero-order chi connectivity index (χ0) is 21.9. The van der Waals surface area contributed by atoms with E-state index in [4.69, 9.17) is 9.84 Å². The quantitative estimate of drug-likeness (QED) is 0.623. The smallest absolute Gasteiger partial charge is 0.255 e. The molecule has 1 amide bonds. The molecule has 3 aromatic rings. The highest BCUT2D eigenvalue weighted by atomic mass is 16.5. The molecule has 8 nitrogen and oxygen atoms in total. The van der Waals surface area contributed by atoms with Crippen LogP contribution >= 0.6 is 0 Å². The second-order valence-electron chi connectivity index (χ2n) is 8.56. The summed E-state index contributed by atoms with van der Waals surface area (Å²) < 4.78 is 7.83. The molecule has 1 saturated heterocycles. The number of benzene rings is 1. The Balaban J connectivity index is 1.25. The molecule has 8 heteroatoms. The highest BCUT2D eigenvalue weighted by molar-refractivity contribution is 5.99. The second-order valence-corrected chi connectivity index (χ2v) is 8.56. The lowest BCUT2D eigenvalue weighted by Crippen LogP contribution is -2.47. The fourth-order valence-electron chi connectivity index (χ4n) is 4.84. The number of piperidine rings is 1. The van der Waals surface area contributed by atoms with Gasteiger partial charge in [-0.05, 0) is 26.3 Å². The molecule has 0 bridgehead atoms. The number of nitrogens with zero attached hydrogens (tertiary/aromatic N) is 4. The summed E-state index contributed by atoms with van der Waals surface area (Å²) in [5, 5.41) is 15.2. The average Bonchev–Trinajstić information content (AvgIpc) is 3.45. The van der Waals surface area contributed by atoms with Gasteiger partial charge in [-0.3, -0.25) is 19.5 Å². The number of hydrogen-bond donors (Lipinski definition) is 2. The lowest BCUT2D eigenvalue weighted by Gasteiger charge is -2.33. The van der Waals surface area contributed by atoms with Crippen molar-refractivity contribution in [1.29, 1.82) is 0 Å². The minimum absolute atomic E-state index is 0.0782. The third-order valence-corrected chi connectivity index (χ3v) is 6.44. The van der Waals surface area contributed by atoms with Crippen molar-refractivity contribution in [3.8, 4) is 11.3 Å². The number of H-pyrrole nitrogens is 1. The molecular formula is C24H30N6O2. The van der Waals surface area contributed by atoms with Crippen LogP contribution in [0.3, 0.4) is 0 Å². The highest BCUT2D eigenvalue weighted by Gasteiger charge is 2.27. The first-order valence-corrected chi connectivity index (χ1v) is 11.5. The van der Waals surface area contributed by atoms with E-state index in [-0.39, 0.29) is 11.9 Å². The van der Waals surface area contributed by atoms with Crippen molar-refractivity contribution in [2.75, 3.05) is 19.7 Å². The number of fused-ring (bicyclic) bond motifs is 1. The first-order valence-electron chi connectivity index (χ1n) is 11.5. The Morgan fingerprint density at radius 1 is 1.31 bits per heavy atom. The monoisotopic (exact) mass is 434 g/mol. The Labute approximate surface area is 188 Å². The molecule has 0 radical (unpaired) electrons. The molecular weight excluding hydrogens is 404 g/mol. The highest BCUT2D eigenvalue weighted by Crippen LogP contribution is 2.24. The number of aryl methyl sites for hydroxylation is 1. The van der Waals surface area contributed by atoms with Gasteiger partial charge < -0.3 is 10.1 Å². The molecule has 5 rings (SSSR count). The van der Waals surface area contributed by atoms with Crippen LogP contribution in [0.5, 0.6) is 0 Å². The Kier molecular flexibility index (Phi) is 6.05. The maximum Gasteiger partial charge on any atom is 0.255 e. The Hall–Kier alpha value is -2.97. The first-order chi connectivity index (χ1) is 15.7. The van der Waals surface area contributed by atoms with E-state index in [2.05, 4.69) is 32.0 Å². The number of rotatable bonds is 6. The van der Waals surface area contributed by atoms with Gasteiger partial charge in [0.1, 0.15) is 0 Å². The summed E-state index contributed by atoms with van der Waals surface area (Å²) in [4.78, 5) is 15.4. The van der Waals surface area contributed by atoms with Gasteiger partial charge in [0.15, 0.2) is 0 Å². The molecule has 1 atom stereocenters. The molecule has 2 aromatic heterocycles. The van der Waals surface area contributed by atoms with Crippen LogP contribution in [-0.4, -0.2) is 56.5 Å². The normalized spacial score (nSPS) is 19.0. The summed E-state index contributed by atoms with van der Waals surface area (Å²) in [5.41, 5.74) is 6.00. The molecule has 168 valence electrons. The van der Waals surface area contributed by atoms with Crippen LogP contribution in [0, 0.1) is 0 Å². The number of likely N-dealkylation sites (tertiary alicyclic amines) is 1. The van der Waals surface area contributed by atoms with Gasteiger partial charge in [-0.15, -0.1) is 0 Å². The summed E-state index contributed by atoms with van der Waals surface area (Å²) in [7, 11) is 0. The lowest BCUT2D eigenvalue weighted by atomic mass is 10.0. The largest absolute Gasteiger partial charge is 0.376 e. The third kappa shape index (κ3) is 4.20. The van der Waals surface area contributed by atoms with Crippen molar-refractivity contribution in [3.63, 3.8) is 0 Å². The van der Waals surface area contributed by atoms with Gasteiger partial charge in [0.25, 0.3) is 5.91 Å². The topological polar surface area (TPSA) is 88.1 Å². The molecule has 0 aliphatic carbocycles. The number of carbonyl (C=O) groups is 1. The van der Waals surface area contributed by atoms with E-state index in [1.807, 2.05) is 30.3 Å². The van der Waals surface area contributed by atoms with Crippen LogP contribution in [-0.2, 0) is 30.9 Å². The van der Waals surface area contributed by atoms with Crippen LogP contribution in [0.25, 0.3) is 11.3 Å². The van der Waals surface area contributed by atoms with Crippen LogP contribution in [0.4, 0.5) is 0 Å². The second kappa shape index (κ2) is 9.26. The van der Waals surface area contributed by atoms with E-state index < -0.39 is 0 Å². The number of ether oxygens (including phenoxy) is 1. The van der Waals surface area contributed by atoms with Crippen molar-refractivity contribution < 1.29 is 9.53 Å². The molecule has 1 aromatic carbocycles. The Morgan fingerprint density at radius 3 is 3.03 bits per heavy atom. The van der Waals surface area contributed by atoms with E-state index in [1.54, 1.807) is 6.20 Å². The molecule has 32 heavy (non-hydrogen) atoms. The molecule has 4 heterocycles. The summed E-state index contributed by atoms with van der Waals surface area (Å²) >= 11 is 0. The number of amides is 1.